The molecular weight excluding hydrogens is 389 g/mol. The van der Waals surface area contributed by atoms with E-state index in [1.54, 1.807) is 18.2 Å². The molecule has 0 bridgehead atoms. The minimum atomic E-state index is -4.00. The van der Waals surface area contributed by atoms with Crippen LogP contribution < -0.4 is 4.74 Å². The maximum Gasteiger partial charge on any atom is 0.379 e. The molecule has 2 aromatic carbocycles. The van der Waals surface area contributed by atoms with Crippen molar-refractivity contribution in [2.24, 2.45) is 0 Å². The van der Waals surface area contributed by atoms with Crippen molar-refractivity contribution in [3.8, 4) is 5.75 Å². The first kappa shape index (κ1) is 24.3. The molecule has 0 radical (unpaired) electrons. The van der Waals surface area contributed by atoms with Crippen LogP contribution in [0.2, 0.25) is 0 Å². The van der Waals surface area contributed by atoms with Gasteiger partial charge in [0.15, 0.2) is 0 Å². The van der Waals surface area contributed by atoms with Gasteiger partial charge in [-0.05, 0) is 57.2 Å². The molecule has 4 nitrogen and oxygen atoms in total. The highest BCUT2D eigenvalue weighted by Gasteiger charge is 2.10. The molecule has 146 valence electrons. The topological polar surface area (TPSA) is 63.6 Å². The molecule has 1 N–H and O–H groups in total. The van der Waals surface area contributed by atoms with Crippen LogP contribution in [-0.4, -0.2) is 25.3 Å². The van der Waals surface area contributed by atoms with Crippen LogP contribution in [0.15, 0.2) is 64.4 Å². The zero-order valence-corrected chi connectivity index (χ0v) is 16.1. The van der Waals surface area contributed by atoms with E-state index in [1.165, 1.54) is 12.1 Å². The summed E-state index contributed by atoms with van der Waals surface area (Å²) in [7, 11) is -4.00. The second kappa shape index (κ2) is 11.1. The van der Waals surface area contributed by atoms with Gasteiger partial charge < -0.3 is 4.74 Å². The molecule has 0 aliphatic rings. The smallest absolute Gasteiger partial charge is 0.379 e. The van der Waals surface area contributed by atoms with Gasteiger partial charge in [-0.15, -0.1) is 12.6 Å². The third kappa shape index (κ3) is 13.6. The van der Waals surface area contributed by atoms with Crippen LogP contribution in [0.5, 0.6) is 5.75 Å². The number of alkyl halides is 3. The van der Waals surface area contributed by atoms with E-state index in [9.17, 15) is 21.6 Å². The van der Waals surface area contributed by atoms with Gasteiger partial charge in [0.1, 0.15) is 11.4 Å². The number of thiol groups is 1. The number of rotatable bonds is 2. The van der Waals surface area contributed by atoms with Crippen LogP contribution in [0.25, 0.3) is 0 Å². The molecule has 2 aromatic rings. The van der Waals surface area contributed by atoms with Crippen molar-refractivity contribution in [3.63, 3.8) is 0 Å². The van der Waals surface area contributed by atoms with E-state index >= 15 is 0 Å². The summed E-state index contributed by atoms with van der Waals surface area (Å²) in [4.78, 5) is 0.881. The molecule has 26 heavy (non-hydrogen) atoms. The molecule has 0 aliphatic carbocycles. The predicted octanol–water partition coefficient (Wildman–Crippen LogP) is 5.26. The second-order valence-corrected chi connectivity index (χ2v) is 7.68. The molecule has 0 atom stereocenters. The lowest BCUT2D eigenvalue weighted by atomic mass is 10.2. The Morgan fingerprint density at radius 2 is 1.38 bits per heavy atom. The number of hydrogen-bond acceptors (Lipinski definition) is 4. The Kier molecular flexibility index (Phi) is 10.4. The lowest BCUT2D eigenvalue weighted by molar-refractivity contribution is 0.00818. The molecule has 0 saturated carbocycles. The zero-order chi connectivity index (χ0) is 20.4. The van der Waals surface area contributed by atoms with Crippen molar-refractivity contribution in [3.05, 3.63) is 54.6 Å². The number of benzene rings is 2. The van der Waals surface area contributed by atoms with Crippen LogP contribution in [0.1, 0.15) is 20.8 Å². The molecule has 0 aromatic heterocycles. The van der Waals surface area contributed by atoms with E-state index in [2.05, 4.69) is 12.6 Å². The Hall–Kier alpha value is -1.71. The number of halogens is 3. The highest BCUT2D eigenvalue weighted by molar-refractivity contribution is 7.85. The van der Waals surface area contributed by atoms with Crippen LogP contribution in [0, 0.1) is 0 Å². The molecule has 0 saturated heterocycles. The molecular formula is C17H21F3O4S2. The molecule has 0 spiro atoms. The first-order chi connectivity index (χ1) is 11.8. The quantitative estimate of drug-likeness (QED) is 0.523. The largest absolute Gasteiger partial charge is 0.488 e. The standard InChI is InChI=1S/C10H14OS.C6H6O3S.CHF3/c1-10(2,3)11-8-4-6-9(12)7-5-8;7-10(8,9)6-4-2-1-3-5-6;2-1(3)4/h4-7,12H,1-3H3;1-5H,(H,7,8,9);1H. The molecule has 2 rings (SSSR count). The van der Waals surface area contributed by atoms with Crippen molar-refractivity contribution in [2.75, 3.05) is 0 Å². The molecule has 0 unspecified atom stereocenters. The summed E-state index contributed by atoms with van der Waals surface area (Å²) in [6.07, 6.45) is 0. The number of hydrogen-bond donors (Lipinski definition) is 2. The van der Waals surface area contributed by atoms with Crippen LogP contribution >= 0.6 is 12.6 Å². The van der Waals surface area contributed by atoms with Gasteiger partial charge in [0.05, 0.1) is 4.90 Å². The van der Waals surface area contributed by atoms with Crippen molar-refractivity contribution in [1.29, 1.82) is 0 Å². The fourth-order valence-corrected chi connectivity index (χ4v) is 2.11. The van der Waals surface area contributed by atoms with E-state index in [0.29, 0.717) is 0 Å². The average molecular weight is 410 g/mol. The molecule has 0 fully saturated rings. The lowest BCUT2D eigenvalue weighted by Crippen LogP contribution is -2.22. The highest BCUT2D eigenvalue weighted by atomic mass is 32.2. The fraction of sp³-hybridized carbons (Fsp3) is 0.294. The van der Waals surface area contributed by atoms with Crippen LogP contribution in [-0.2, 0) is 10.1 Å². The Morgan fingerprint density at radius 3 is 1.69 bits per heavy atom. The van der Waals surface area contributed by atoms with Crippen molar-refractivity contribution in [2.45, 2.75) is 42.8 Å². The van der Waals surface area contributed by atoms with Gasteiger partial charge in [-0.3, -0.25) is 4.55 Å². The van der Waals surface area contributed by atoms with E-state index in [4.69, 9.17) is 9.29 Å². The summed E-state index contributed by atoms with van der Waals surface area (Å²) in [5, 5.41) is 0. The molecule has 0 amide bonds. The minimum absolute atomic E-state index is 0.0741. The third-order valence-corrected chi connectivity index (χ3v) is 3.47. The first-order valence-corrected chi connectivity index (χ1v) is 9.13. The van der Waals surface area contributed by atoms with Crippen LogP contribution in [0.4, 0.5) is 13.2 Å². The summed E-state index contributed by atoms with van der Waals surface area (Å²) >= 11 is 4.19. The SMILES string of the molecule is CC(C)(C)Oc1ccc(S)cc1.FC(F)F.O=S(=O)(O)c1ccccc1. The normalized spacial score (nSPS) is 11.0. The second-order valence-electron chi connectivity index (χ2n) is 5.74. The van der Waals surface area contributed by atoms with Gasteiger partial charge in [0.25, 0.3) is 10.1 Å². The Labute approximate surface area is 157 Å². The molecule has 9 heteroatoms. The predicted molar refractivity (Wildman–Crippen MR) is 97.4 cm³/mol. The summed E-state index contributed by atoms with van der Waals surface area (Å²) in [5.74, 6) is 0.889. The van der Waals surface area contributed by atoms with Gasteiger partial charge >= 0.3 is 6.68 Å². The van der Waals surface area contributed by atoms with E-state index in [1.807, 2.05) is 45.0 Å². The fourth-order valence-electron chi connectivity index (χ4n) is 1.46. The molecule has 0 heterocycles. The summed E-state index contributed by atoms with van der Waals surface area (Å²) < 4.78 is 63.9. The Bertz CT molecular complexity index is 726. The molecule has 0 aliphatic heterocycles. The van der Waals surface area contributed by atoms with Crippen molar-refractivity contribution < 1.29 is 30.9 Å². The van der Waals surface area contributed by atoms with Gasteiger partial charge in [0, 0.05) is 4.90 Å². The minimum Gasteiger partial charge on any atom is -0.488 e. The Balaban J connectivity index is 0.000000405. The Morgan fingerprint density at radius 1 is 0.962 bits per heavy atom. The third-order valence-electron chi connectivity index (χ3n) is 2.30. The van der Waals surface area contributed by atoms with Gasteiger partial charge in [-0.1, -0.05) is 18.2 Å². The maximum atomic E-state index is 10.4. The van der Waals surface area contributed by atoms with E-state index in [0.717, 1.165) is 10.6 Å². The highest BCUT2D eigenvalue weighted by Crippen LogP contribution is 2.19. The number of ether oxygens (including phenoxy) is 1. The maximum absolute atomic E-state index is 10.4. The lowest BCUT2D eigenvalue weighted by Gasteiger charge is -2.21. The van der Waals surface area contributed by atoms with E-state index in [-0.39, 0.29) is 10.5 Å². The first-order valence-electron chi connectivity index (χ1n) is 7.24. The summed E-state index contributed by atoms with van der Waals surface area (Å²) in [5.41, 5.74) is -0.127. The monoisotopic (exact) mass is 410 g/mol. The van der Waals surface area contributed by atoms with Gasteiger partial charge in [-0.2, -0.15) is 21.6 Å². The van der Waals surface area contributed by atoms with Gasteiger partial charge in [-0.25, -0.2) is 0 Å². The average Bonchev–Trinajstić information content (AvgIpc) is 2.48. The summed E-state index contributed by atoms with van der Waals surface area (Å²) in [6.45, 7) is 2.42. The van der Waals surface area contributed by atoms with Gasteiger partial charge in [0.2, 0.25) is 0 Å². The van der Waals surface area contributed by atoms with Crippen LogP contribution in [0.3, 0.4) is 0 Å². The van der Waals surface area contributed by atoms with Crippen molar-refractivity contribution >= 4 is 22.7 Å². The van der Waals surface area contributed by atoms with Crippen molar-refractivity contribution in [1.82, 2.24) is 0 Å². The summed E-state index contributed by atoms with van der Waals surface area (Å²) in [6, 6.07) is 15.1. The van der Waals surface area contributed by atoms with E-state index < -0.39 is 16.8 Å². The zero-order valence-electron chi connectivity index (χ0n) is 14.4.